The highest BCUT2D eigenvalue weighted by Crippen LogP contribution is 2.24. The average molecular weight is 643 g/mol. The maximum absolute atomic E-state index is 13.3. The summed E-state index contributed by atoms with van der Waals surface area (Å²) in [7, 11) is 0. The second kappa shape index (κ2) is 18.8. The number of allylic oxidation sites excluding steroid dienone is 2. The van der Waals surface area contributed by atoms with Crippen LogP contribution >= 0.6 is 23.1 Å². The zero-order chi connectivity index (χ0) is 32.6. The molecule has 10 nitrogen and oxygen atoms in total. The quantitative estimate of drug-likeness (QED) is 0.168. The van der Waals surface area contributed by atoms with Crippen molar-refractivity contribution in [2.75, 3.05) is 5.75 Å². The van der Waals surface area contributed by atoms with Gasteiger partial charge in [0.1, 0.15) is 28.5 Å². The highest BCUT2D eigenvalue weighted by atomic mass is 32.2. The fourth-order valence-corrected chi connectivity index (χ4v) is 5.48. The SMILES string of the molecule is C/C=C1\NC(=O)c2csc(n2)[C@H](Cc2ccccc2)NC(=O)CC(/C=C/CCSC(C)=O)OC(=O)C(C(C)C)NC1=O.CC. The third-order valence-corrected chi connectivity index (χ3v) is 8.06. The number of nitrogens with zero attached hydrogens (tertiary/aromatic N) is 1. The molecule has 2 aromatic rings. The van der Waals surface area contributed by atoms with Crippen LogP contribution in [0, 0.1) is 5.92 Å². The minimum Gasteiger partial charge on any atom is -0.456 e. The fourth-order valence-electron chi connectivity index (χ4n) is 4.09. The van der Waals surface area contributed by atoms with Crippen molar-refractivity contribution in [1.29, 1.82) is 0 Å². The van der Waals surface area contributed by atoms with Crippen molar-refractivity contribution in [1.82, 2.24) is 20.9 Å². The number of carbonyl (C=O) groups excluding carboxylic acids is 5. The van der Waals surface area contributed by atoms with Gasteiger partial charge in [0.25, 0.3) is 11.8 Å². The molecule has 3 atom stereocenters. The Balaban J connectivity index is 0.00000330. The van der Waals surface area contributed by atoms with Crippen molar-refractivity contribution < 1.29 is 28.7 Å². The molecule has 2 bridgehead atoms. The minimum atomic E-state index is -1.04. The summed E-state index contributed by atoms with van der Waals surface area (Å²) < 4.78 is 5.75. The normalized spacial score (nSPS) is 20.8. The van der Waals surface area contributed by atoms with E-state index in [1.807, 2.05) is 44.2 Å². The van der Waals surface area contributed by atoms with Crippen molar-refractivity contribution in [2.24, 2.45) is 5.92 Å². The van der Waals surface area contributed by atoms with Crippen LogP contribution in [0.5, 0.6) is 0 Å². The summed E-state index contributed by atoms with van der Waals surface area (Å²) in [6, 6.07) is 7.95. The van der Waals surface area contributed by atoms with E-state index in [-0.39, 0.29) is 34.8 Å². The Labute approximate surface area is 267 Å². The Morgan fingerprint density at radius 1 is 1.11 bits per heavy atom. The lowest BCUT2D eigenvalue weighted by Gasteiger charge is -2.25. The zero-order valence-electron chi connectivity index (χ0n) is 26.0. The van der Waals surface area contributed by atoms with Crippen LogP contribution in [0.25, 0.3) is 0 Å². The first-order valence-electron chi connectivity index (χ1n) is 14.6. The molecule has 1 aliphatic rings. The van der Waals surface area contributed by atoms with Crippen LogP contribution in [-0.4, -0.2) is 51.7 Å². The minimum absolute atomic E-state index is 0.000852. The van der Waals surface area contributed by atoms with Gasteiger partial charge in [-0.3, -0.25) is 19.2 Å². The van der Waals surface area contributed by atoms with E-state index in [1.54, 1.807) is 38.3 Å². The van der Waals surface area contributed by atoms with Crippen LogP contribution in [0.4, 0.5) is 0 Å². The van der Waals surface area contributed by atoms with Crippen molar-refractivity contribution in [3.8, 4) is 0 Å². The number of hydrogen-bond donors (Lipinski definition) is 3. The summed E-state index contributed by atoms with van der Waals surface area (Å²) in [4.78, 5) is 68.4. The van der Waals surface area contributed by atoms with Crippen LogP contribution in [-0.2, 0) is 30.3 Å². The standard InChI is InChI=1S/C30H36N4O6S2.C2H6/c1-5-22-27(37)34-26(18(2)3)30(39)40-21(13-9-10-14-41-19(4)35)16-25(36)31-23(15-20-11-7-6-8-12-20)29-33-24(17-42-29)28(38)32-22;1-2/h5-9,11-13,17-18,21,23,26H,10,14-16H2,1-4H3,(H,31,36)(H,32,38)(H,34,37);1-2H3/b13-9+,22-5-;/t21?,23-,26?;/m0./s1. The second-order valence-corrected chi connectivity index (χ2v) is 12.1. The van der Waals surface area contributed by atoms with Gasteiger partial charge in [-0.15, -0.1) is 11.3 Å². The number of esters is 1. The second-order valence-electron chi connectivity index (χ2n) is 9.97. The summed E-state index contributed by atoms with van der Waals surface area (Å²) in [6.45, 7) is 10.6. The van der Waals surface area contributed by atoms with Crippen molar-refractivity contribution in [2.45, 2.75) is 79.0 Å². The lowest BCUT2D eigenvalue weighted by atomic mass is 10.0. The van der Waals surface area contributed by atoms with Gasteiger partial charge < -0.3 is 20.7 Å². The molecule has 3 amide bonds. The van der Waals surface area contributed by atoms with Crippen LogP contribution in [0.1, 0.15) is 81.5 Å². The Morgan fingerprint density at radius 3 is 2.45 bits per heavy atom. The lowest BCUT2D eigenvalue weighted by molar-refractivity contribution is -0.153. The third-order valence-electron chi connectivity index (χ3n) is 6.25. The molecule has 12 heteroatoms. The van der Waals surface area contributed by atoms with Gasteiger partial charge >= 0.3 is 5.97 Å². The first-order chi connectivity index (χ1) is 21.1. The molecule has 1 aliphatic heterocycles. The van der Waals surface area contributed by atoms with E-state index in [2.05, 4.69) is 20.9 Å². The first-order valence-corrected chi connectivity index (χ1v) is 16.5. The fraction of sp³-hybridized carbons (Fsp3) is 0.438. The molecule has 0 aliphatic carbocycles. The summed E-state index contributed by atoms with van der Waals surface area (Å²) in [5, 5.41) is 10.3. The topological polar surface area (TPSA) is 144 Å². The molecule has 0 saturated carbocycles. The summed E-state index contributed by atoms with van der Waals surface area (Å²) in [5.41, 5.74) is 1.02. The molecular formula is C32H42N4O6S2. The molecule has 3 N–H and O–H groups in total. The van der Waals surface area contributed by atoms with E-state index in [1.165, 1.54) is 36.1 Å². The number of hydrogen-bond acceptors (Lipinski definition) is 9. The average Bonchev–Trinajstić information content (AvgIpc) is 3.49. The number of thioether (sulfide) groups is 1. The molecule has 2 unspecified atom stereocenters. The Bertz CT molecular complexity index is 1340. The molecule has 0 saturated heterocycles. The van der Waals surface area contributed by atoms with Crippen LogP contribution in [0.15, 0.2) is 59.6 Å². The van der Waals surface area contributed by atoms with E-state index >= 15 is 0 Å². The molecule has 0 fully saturated rings. The van der Waals surface area contributed by atoms with Crippen molar-refractivity contribution in [3.05, 3.63) is 75.9 Å². The Hall–Kier alpha value is -3.77. The molecule has 1 aromatic heterocycles. The zero-order valence-corrected chi connectivity index (χ0v) is 27.7. The number of benzene rings is 1. The number of ether oxygens (including phenoxy) is 1. The maximum Gasteiger partial charge on any atom is 0.329 e. The number of aromatic nitrogens is 1. The molecule has 0 spiro atoms. The van der Waals surface area contributed by atoms with Crippen molar-refractivity contribution >= 4 is 51.9 Å². The molecule has 0 radical (unpaired) electrons. The summed E-state index contributed by atoms with van der Waals surface area (Å²) in [6.07, 6.45) is 4.70. The Kier molecular flexibility index (Phi) is 15.6. The van der Waals surface area contributed by atoms with Gasteiger partial charge in [0, 0.05) is 18.1 Å². The van der Waals surface area contributed by atoms with Gasteiger partial charge in [0.2, 0.25) is 5.91 Å². The lowest BCUT2D eigenvalue weighted by Crippen LogP contribution is -2.48. The monoisotopic (exact) mass is 642 g/mol. The third kappa shape index (κ3) is 11.7. The van der Waals surface area contributed by atoms with E-state index in [4.69, 9.17) is 4.74 Å². The smallest absolute Gasteiger partial charge is 0.329 e. The number of rotatable bonds is 7. The van der Waals surface area contributed by atoms with E-state index < -0.39 is 36.0 Å². The van der Waals surface area contributed by atoms with Gasteiger partial charge in [-0.05, 0) is 37.3 Å². The molecule has 1 aromatic carbocycles. The maximum atomic E-state index is 13.3. The van der Waals surface area contributed by atoms with Crippen molar-refractivity contribution in [3.63, 3.8) is 0 Å². The highest BCUT2D eigenvalue weighted by molar-refractivity contribution is 8.13. The number of cyclic esters (lactones) is 1. The summed E-state index contributed by atoms with van der Waals surface area (Å²) >= 11 is 2.40. The number of fused-ring (bicyclic) bond motifs is 2. The van der Waals surface area contributed by atoms with Gasteiger partial charge in [0.15, 0.2) is 5.12 Å². The predicted octanol–water partition coefficient (Wildman–Crippen LogP) is 4.89. The predicted molar refractivity (Wildman–Crippen MR) is 174 cm³/mol. The number of nitrogens with one attached hydrogen (secondary N) is 3. The Morgan fingerprint density at radius 2 is 1.82 bits per heavy atom. The van der Waals surface area contributed by atoms with E-state index in [9.17, 15) is 24.0 Å². The van der Waals surface area contributed by atoms with Gasteiger partial charge in [0.05, 0.1) is 12.5 Å². The molecular weight excluding hydrogens is 601 g/mol. The van der Waals surface area contributed by atoms with E-state index in [0.29, 0.717) is 23.6 Å². The van der Waals surface area contributed by atoms with Crippen LogP contribution in [0.3, 0.4) is 0 Å². The van der Waals surface area contributed by atoms with Gasteiger partial charge in [-0.1, -0.05) is 81.9 Å². The van der Waals surface area contributed by atoms with E-state index in [0.717, 1.165) is 5.56 Å². The summed E-state index contributed by atoms with van der Waals surface area (Å²) in [5.74, 6) is -2.14. The van der Waals surface area contributed by atoms with Crippen LogP contribution < -0.4 is 16.0 Å². The van der Waals surface area contributed by atoms with Gasteiger partial charge in [-0.2, -0.15) is 0 Å². The largest absolute Gasteiger partial charge is 0.456 e. The number of thiazole rings is 1. The number of amides is 3. The molecule has 3 rings (SSSR count). The molecule has 44 heavy (non-hydrogen) atoms. The first kappa shape index (κ1) is 36.4. The highest BCUT2D eigenvalue weighted by Gasteiger charge is 2.31. The molecule has 2 heterocycles. The van der Waals surface area contributed by atoms with Gasteiger partial charge in [-0.25, -0.2) is 9.78 Å². The number of carbonyl (C=O) groups is 5. The van der Waals surface area contributed by atoms with Crippen LogP contribution in [0.2, 0.25) is 0 Å². The molecule has 238 valence electrons.